The van der Waals surface area contributed by atoms with Gasteiger partial charge in [-0.15, -0.1) is 0 Å². The number of para-hydroxylation sites is 1. The summed E-state index contributed by atoms with van der Waals surface area (Å²) in [5.41, 5.74) is 2.04. The minimum Gasteiger partial charge on any atom is -0.431 e. The van der Waals surface area contributed by atoms with Crippen molar-refractivity contribution in [3.05, 3.63) is 54.1 Å². The molecule has 0 saturated carbocycles. The first-order valence-corrected chi connectivity index (χ1v) is 7.30. The van der Waals surface area contributed by atoms with Crippen LogP contribution in [0.1, 0.15) is 12.5 Å². The summed E-state index contributed by atoms with van der Waals surface area (Å²) in [5, 5.41) is 0.668. The summed E-state index contributed by atoms with van der Waals surface area (Å²) in [6, 6.07) is 15.9. The number of ether oxygens (including phenoxy) is 1. The number of hydrogen-bond acceptors (Lipinski definition) is 4. The Bertz CT molecular complexity index is 699. The molecule has 0 unspecified atom stereocenters. The number of rotatable bonds is 4. The van der Waals surface area contributed by atoms with E-state index in [1.54, 1.807) is 11.3 Å². The molecule has 0 aliphatic carbocycles. The summed E-state index contributed by atoms with van der Waals surface area (Å²) in [5.74, 6) is 0.790. The summed E-state index contributed by atoms with van der Waals surface area (Å²) < 4.78 is 6.92. The van der Waals surface area contributed by atoms with Crippen LogP contribution in [0, 0.1) is 0 Å². The fourth-order valence-corrected chi connectivity index (χ4v) is 2.65. The Labute approximate surface area is 121 Å². The van der Waals surface area contributed by atoms with Crippen LogP contribution in [0.15, 0.2) is 53.5 Å². The second-order valence-electron chi connectivity index (χ2n) is 4.25. The summed E-state index contributed by atoms with van der Waals surface area (Å²) in [4.78, 5) is 8.66. The van der Waals surface area contributed by atoms with Crippen molar-refractivity contribution in [2.75, 3.05) is 6.54 Å². The summed E-state index contributed by atoms with van der Waals surface area (Å²) in [6.07, 6.45) is 1.86. The van der Waals surface area contributed by atoms with Crippen molar-refractivity contribution in [3.63, 3.8) is 0 Å². The van der Waals surface area contributed by atoms with Gasteiger partial charge in [-0.05, 0) is 48.9 Å². The molecule has 3 nitrogen and oxygen atoms in total. The number of aliphatic imine (C=N–C) groups is 1. The Morgan fingerprint density at radius 2 is 1.95 bits per heavy atom. The lowest BCUT2D eigenvalue weighted by molar-refractivity contribution is 0.480. The fraction of sp³-hybridized carbons (Fsp3) is 0.125. The number of benzene rings is 2. The number of nitrogens with zero attached hydrogens (tertiary/aromatic N) is 2. The maximum Gasteiger partial charge on any atom is 0.279 e. The SMILES string of the molecule is CC/N=C/c1ccc(Oc2nc3ccccc3s2)cc1. The summed E-state index contributed by atoms with van der Waals surface area (Å²) in [7, 11) is 0. The van der Waals surface area contributed by atoms with Crippen molar-refractivity contribution in [1.82, 2.24) is 4.98 Å². The first-order chi connectivity index (χ1) is 9.85. The van der Waals surface area contributed by atoms with Gasteiger partial charge in [-0.3, -0.25) is 4.99 Å². The third-order valence-electron chi connectivity index (χ3n) is 2.78. The minimum absolute atomic E-state index is 0.668. The van der Waals surface area contributed by atoms with Crippen LogP contribution in [0.2, 0.25) is 0 Å². The van der Waals surface area contributed by atoms with Crippen LogP contribution in [0.4, 0.5) is 0 Å². The highest BCUT2D eigenvalue weighted by Crippen LogP contribution is 2.30. The molecule has 20 heavy (non-hydrogen) atoms. The highest BCUT2D eigenvalue weighted by Gasteiger charge is 2.05. The van der Waals surface area contributed by atoms with Gasteiger partial charge >= 0.3 is 0 Å². The maximum absolute atomic E-state index is 5.79. The van der Waals surface area contributed by atoms with Crippen molar-refractivity contribution >= 4 is 27.8 Å². The number of aromatic nitrogens is 1. The fourth-order valence-electron chi connectivity index (χ4n) is 1.81. The van der Waals surface area contributed by atoms with Crippen molar-refractivity contribution in [2.24, 2.45) is 4.99 Å². The monoisotopic (exact) mass is 282 g/mol. The molecule has 0 atom stereocenters. The van der Waals surface area contributed by atoms with Crippen LogP contribution in [0.5, 0.6) is 10.9 Å². The molecule has 0 aliphatic heterocycles. The van der Waals surface area contributed by atoms with Crippen LogP contribution >= 0.6 is 11.3 Å². The van der Waals surface area contributed by atoms with E-state index in [1.165, 1.54) is 0 Å². The maximum atomic E-state index is 5.79. The third-order valence-corrected chi connectivity index (χ3v) is 3.70. The lowest BCUT2D eigenvalue weighted by Crippen LogP contribution is -1.85. The average Bonchev–Trinajstić information content (AvgIpc) is 2.89. The van der Waals surface area contributed by atoms with Crippen LogP contribution in [0.3, 0.4) is 0 Å². The Morgan fingerprint density at radius 3 is 2.70 bits per heavy atom. The normalized spacial score (nSPS) is 11.2. The van der Waals surface area contributed by atoms with E-state index < -0.39 is 0 Å². The van der Waals surface area contributed by atoms with Crippen LogP contribution in [-0.4, -0.2) is 17.7 Å². The van der Waals surface area contributed by atoms with Gasteiger partial charge in [0.2, 0.25) is 0 Å². The van der Waals surface area contributed by atoms with Gasteiger partial charge in [-0.2, -0.15) is 0 Å². The molecule has 1 aromatic heterocycles. The Hall–Kier alpha value is -2.20. The zero-order valence-corrected chi connectivity index (χ0v) is 11.9. The number of fused-ring (bicyclic) bond motifs is 1. The average molecular weight is 282 g/mol. The molecular weight excluding hydrogens is 268 g/mol. The molecule has 0 saturated heterocycles. The Kier molecular flexibility index (Phi) is 3.74. The van der Waals surface area contributed by atoms with E-state index in [-0.39, 0.29) is 0 Å². The van der Waals surface area contributed by atoms with Gasteiger partial charge in [0.15, 0.2) is 0 Å². The smallest absolute Gasteiger partial charge is 0.279 e. The zero-order valence-electron chi connectivity index (χ0n) is 11.1. The van der Waals surface area contributed by atoms with Crippen molar-refractivity contribution in [3.8, 4) is 10.9 Å². The highest BCUT2D eigenvalue weighted by molar-refractivity contribution is 7.20. The van der Waals surface area contributed by atoms with E-state index in [4.69, 9.17) is 4.74 Å². The van der Waals surface area contributed by atoms with Gasteiger partial charge in [0.25, 0.3) is 5.19 Å². The molecule has 4 heteroatoms. The molecule has 2 aromatic carbocycles. The van der Waals surface area contributed by atoms with Crippen LogP contribution in [-0.2, 0) is 0 Å². The van der Waals surface area contributed by atoms with E-state index in [1.807, 2.05) is 61.7 Å². The second kappa shape index (κ2) is 5.84. The van der Waals surface area contributed by atoms with Gasteiger partial charge in [-0.1, -0.05) is 23.5 Å². The number of hydrogen-bond donors (Lipinski definition) is 0. The van der Waals surface area contributed by atoms with Gasteiger partial charge in [-0.25, -0.2) is 4.98 Å². The molecule has 100 valence electrons. The van der Waals surface area contributed by atoms with Crippen molar-refractivity contribution in [1.29, 1.82) is 0 Å². The molecule has 0 bridgehead atoms. The van der Waals surface area contributed by atoms with E-state index >= 15 is 0 Å². The highest BCUT2D eigenvalue weighted by atomic mass is 32.1. The van der Waals surface area contributed by atoms with E-state index in [2.05, 4.69) is 9.98 Å². The molecule has 3 rings (SSSR count). The first kappa shape index (κ1) is 12.8. The predicted molar refractivity (Wildman–Crippen MR) is 84.3 cm³/mol. The van der Waals surface area contributed by atoms with E-state index in [9.17, 15) is 0 Å². The third kappa shape index (κ3) is 2.86. The molecule has 0 N–H and O–H groups in total. The van der Waals surface area contributed by atoms with Gasteiger partial charge in [0, 0.05) is 12.8 Å². The van der Waals surface area contributed by atoms with Gasteiger partial charge in [0.05, 0.1) is 10.2 Å². The molecule has 0 aliphatic rings. The molecule has 0 radical (unpaired) electrons. The molecule has 3 aromatic rings. The summed E-state index contributed by atoms with van der Waals surface area (Å²) in [6.45, 7) is 2.81. The molecule has 1 heterocycles. The van der Waals surface area contributed by atoms with E-state index in [0.29, 0.717) is 5.19 Å². The lowest BCUT2D eigenvalue weighted by atomic mass is 10.2. The zero-order chi connectivity index (χ0) is 13.8. The van der Waals surface area contributed by atoms with Crippen molar-refractivity contribution < 1.29 is 4.74 Å². The molecular formula is C16H14N2OS. The second-order valence-corrected chi connectivity index (χ2v) is 5.24. The largest absolute Gasteiger partial charge is 0.431 e. The summed E-state index contributed by atoms with van der Waals surface area (Å²) >= 11 is 1.55. The predicted octanol–water partition coefficient (Wildman–Crippen LogP) is 4.53. The molecule has 0 fully saturated rings. The van der Waals surface area contributed by atoms with E-state index in [0.717, 1.165) is 28.1 Å². The Balaban J connectivity index is 1.78. The van der Waals surface area contributed by atoms with Crippen LogP contribution < -0.4 is 4.74 Å². The topological polar surface area (TPSA) is 34.5 Å². The first-order valence-electron chi connectivity index (χ1n) is 6.48. The van der Waals surface area contributed by atoms with Crippen LogP contribution in [0.25, 0.3) is 10.2 Å². The molecule has 0 spiro atoms. The van der Waals surface area contributed by atoms with Gasteiger partial charge < -0.3 is 4.74 Å². The Morgan fingerprint density at radius 1 is 1.15 bits per heavy atom. The van der Waals surface area contributed by atoms with Crippen molar-refractivity contribution in [2.45, 2.75) is 6.92 Å². The minimum atomic E-state index is 0.668. The van der Waals surface area contributed by atoms with Gasteiger partial charge in [0.1, 0.15) is 5.75 Å². The number of thiazole rings is 1. The quantitative estimate of drug-likeness (QED) is 0.659. The lowest BCUT2D eigenvalue weighted by Gasteiger charge is -2.01. The standard InChI is InChI=1S/C16H14N2OS/c1-2-17-11-12-7-9-13(10-8-12)19-16-18-14-5-3-4-6-15(14)20-16/h3-11H,2H2,1H3/b17-11+. The molecule has 0 amide bonds.